The second-order valence-electron chi connectivity index (χ2n) is 6.28. The molecule has 4 N–H and O–H groups in total. The smallest absolute Gasteiger partial charge is 0.324 e. The topological polar surface area (TPSA) is 50.0 Å². The summed E-state index contributed by atoms with van der Waals surface area (Å²) in [5.41, 5.74) is 2.15. The molecule has 1 aliphatic rings. The first-order valence-electron chi connectivity index (χ1n) is 8.60. The summed E-state index contributed by atoms with van der Waals surface area (Å²) < 4.78 is 0. The lowest BCUT2D eigenvalue weighted by atomic mass is 10.2. The molecule has 1 aromatic carbocycles. The van der Waals surface area contributed by atoms with Gasteiger partial charge in [-0.05, 0) is 36.6 Å². The van der Waals surface area contributed by atoms with Crippen molar-refractivity contribution >= 4 is 28.1 Å². The number of anilines is 2. The number of urea groups is 1. The first-order chi connectivity index (χ1) is 11.7. The number of piperazine rings is 1. The predicted molar refractivity (Wildman–Crippen MR) is 99.0 cm³/mol. The SMILES string of the molecule is CC[NH+]1CC[NH+](Cc2ccc(NC(=O)Nc3cccs3)cc2)CC1. The Morgan fingerprint density at radius 2 is 1.75 bits per heavy atom. The van der Waals surface area contributed by atoms with Crippen LogP contribution in [0, 0.1) is 0 Å². The standard InChI is InChI=1S/C18H24N4OS/c1-2-21-9-11-22(12-10-21)14-15-5-7-16(8-6-15)19-18(23)20-17-4-3-13-24-17/h3-8,13H,2,9-12,14H2,1H3,(H2,19,20,23)/p+2. The van der Waals surface area contributed by atoms with Gasteiger partial charge in [-0.3, -0.25) is 5.32 Å². The maximum atomic E-state index is 11.9. The zero-order valence-corrected chi connectivity index (χ0v) is 14.9. The molecule has 24 heavy (non-hydrogen) atoms. The third-order valence-corrected chi connectivity index (χ3v) is 5.37. The van der Waals surface area contributed by atoms with Gasteiger partial charge in [0, 0.05) is 11.3 Å². The van der Waals surface area contributed by atoms with Gasteiger partial charge in [0.2, 0.25) is 0 Å². The summed E-state index contributed by atoms with van der Waals surface area (Å²) in [5, 5.41) is 8.48. The van der Waals surface area contributed by atoms with Crippen molar-refractivity contribution in [3.63, 3.8) is 0 Å². The van der Waals surface area contributed by atoms with E-state index in [9.17, 15) is 4.79 Å². The van der Waals surface area contributed by atoms with Crippen molar-refractivity contribution in [2.24, 2.45) is 0 Å². The fourth-order valence-corrected chi connectivity index (χ4v) is 3.72. The van der Waals surface area contributed by atoms with Crippen LogP contribution in [0.25, 0.3) is 0 Å². The van der Waals surface area contributed by atoms with Crippen LogP contribution in [0.1, 0.15) is 12.5 Å². The van der Waals surface area contributed by atoms with Gasteiger partial charge < -0.3 is 15.1 Å². The molecule has 3 rings (SSSR count). The number of amides is 2. The van der Waals surface area contributed by atoms with Crippen molar-refractivity contribution in [3.8, 4) is 0 Å². The molecule has 1 fully saturated rings. The summed E-state index contributed by atoms with van der Waals surface area (Å²) in [6, 6.07) is 11.8. The molecule has 128 valence electrons. The molecule has 2 heterocycles. The number of benzene rings is 1. The second-order valence-corrected chi connectivity index (χ2v) is 7.23. The summed E-state index contributed by atoms with van der Waals surface area (Å²) in [4.78, 5) is 15.3. The highest BCUT2D eigenvalue weighted by Crippen LogP contribution is 2.16. The number of hydrogen-bond acceptors (Lipinski definition) is 2. The van der Waals surface area contributed by atoms with Gasteiger partial charge in [0.15, 0.2) is 0 Å². The molecule has 1 aliphatic heterocycles. The number of hydrogen-bond donors (Lipinski definition) is 4. The molecule has 0 radical (unpaired) electrons. The molecule has 2 aromatic rings. The lowest BCUT2D eigenvalue weighted by molar-refractivity contribution is -1.02. The fourth-order valence-electron chi connectivity index (χ4n) is 3.11. The second kappa shape index (κ2) is 8.28. The lowest BCUT2D eigenvalue weighted by Crippen LogP contribution is -3.27. The third-order valence-electron chi connectivity index (χ3n) is 4.59. The van der Waals surface area contributed by atoms with Crippen molar-refractivity contribution in [2.75, 3.05) is 43.4 Å². The number of carbonyl (C=O) groups is 1. The van der Waals surface area contributed by atoms with E-state index in [1.54, 1.807) is 9.80 Å². The first-order valence-corrected chi connectivity index (χ1v) is 9.48. The minimum Gasteiger partial charge on any atom is -0.326 e. The molecule has 2 amide bonds. The Hall–Kier alpha value is -1.89. The van der Waals surface area contributed by atoms with E-state index in [0.29, 0.717) is 0 Å². The van der Waals surface area contributed by atoms with Crippen molar-refractivity contribution in [3.05, 3.63) is 47.3 Å². The van der Waals surface area contributed by atoms with Gasteiger partial charge >= 0.3 is 6.03 Å². The molecular weight excluding hydrogens is 320 g/mol. The van der Waals surface area contributed by atoms with E-state index in [1.165, 1.54) is 49.6 Å². The first kappa shape index (κ1) is 17.0. The van der Waals surface area contributed by atoms with Crippen LogP contribution in [-0.4, -0.2) is 38.8 Å². The highest BCUT2D eigenvalue weighted by atomic mass is 32.1. The maximum absolute atomic E-state index is 11.9. The maximum Gasteiger partial charge on any atom is 0.324 e. The molecule has 0 bridgehead atoms. The summed E-state index contributed by atoms with van der Waals surface area (Å²) in [5.74, 6) is 0. The van der Waals surface area contributed by atoms with Crippen molar-refractivity contribution in [2.45, 2.75) is 13.5 Å². The Balaban J connectivity index is 1.47. The Kier molecular flexibility index (Phi) is 5.85. The molecule has 5 nitrogen and oxygen atoms in total. The van der Waals surface area contributed by atoms with Crippen LogP contribution in [0.4, 0.5) is 15.5 Å². The molecule has 0 atom stereocenters. The molecule has 0 saturated carbocycles. The number of quaternary nitrogens is 2. The van der Waals surface area contributed by atoms with Gasteiger partial charge in [-0.15, -0.1) is 11.3 Å². The number of likely N-dealkylation sites (N-methyl/N-ethyl adjacent to an activating group) is 1. The van der Waals surface area contributed by atoms with Crippen LogP contribution in [0.3, 0.4) is 0 Å². The number of rotatable bonds is 5. The van der Waals surface area contributed by atoms with E-state index in [4.69, 9.17) is 0 Å². The van der Waals surface area contributed by atoms with Crippen LogP contribution in [-0.2, 0) is 6.54 Å². The summed E-state index contributed by atoms with van der Waals surface area (Å²) in [7, 11) is 0. The van der Waals surface area contributed by atoms with Crippen molar-refractivity contribution in [1.82, 2.24) is 0 Å². The van der Waals surface area contributed by atoms with E-state index in [2.05, 4.69) is 29.7 Å². The van der Waals surface area contributed by atoms with Crippen LogP contribution in [0.15, 0.2) is 41.8 Å². The average molecular weight is 347 g/mol. The van der Waals surface area contributed by atoms with E-state index >= 15 is 0 Å². The fraction of sp³-hybridized carbons (Fsp3) is 0.389. The predicted octanol–water partition coefficient (Wildman–Crippen LogP) is 0.695. The van der Waals surface area contributed by atoms with Gasteiger partial charge in [0.05, 0.1) is 11.5 Å². The number of nitrogens with one attached hydrogen (secondary N) is 4. The highest BCUT2D eigenvalue weighted by Gasteiger charge is 2.21. The molecule has 1 saturated heterocycles. The summed E-state index contributed by atoms with van der Waals surface area (Å²) in [6.07, 6.45) is 0. The Labute approximate surface area is 147 Å². The third kappa shape index (κ3) is 4.80. The van der Waals surface area contributed by atoms with E-state index in [0.717, 1.165) is 17.2 Å². The quantitative estimate of drug-likeness (QED) is 0.633. The molecule has 0 unspecified atom stereocenters. The Morgan fingerprint density at radius 3 is 2.38 bits per heavy atom. The van der Waals surface area contributed by atoms with Crippen LogP contribution in [0.2, 0.25) is 0 Å². The number of thiophene rings is 1. The molecule has 0 spiro atoms. The molecule has 6 heteroatoms. The lowest BCUT2D eigenvalue weighted by Gasteiger charge is -2.29. The average Bonchev–Trinajstić information content (AvgIpc) is 3.10. The minimum atomic E-state index is -0.200. The van der Waals surface area contributed by atoms with Crippen LogP contribution < -0.4 is 20.4 Å². The zero-order valence-electron chi connectivity index (χ0n) is 14.1. The molecule has 1 aromatic heterocycles. The summed E-state index contributed by atoms with van der Waals surface area (Å²) in [6.45, 7) is 9.60. The van der Waals surface area contributed by atoms with Crippen molar-refractivity contribution in [1.29, 1.82) is 0 Å². The number of carbonyl (C=O) groups excluding carboxylic acids is 1. The van der Waals surface area contributed by atoms with Gasteiger partial charge in [-0.25, -0.2) is 4.79 Å². The zero-order chi connectivity index (χ0) is 16.8. The van der Waals surface area contributed by atoms with Gasteiger partial charge in [0.1, 0.15) is 32.7 Å². The van der Waals surface area contributed by atoms with Crippen molar-refractivity contribution < 1.29 is 14.6 Å². The minimum absolute atomic E-state index is 0.200. The normalized spacial score (nSPS) is 20.5. The Morgan fingerprint density at radius 1 is 1.04 bits per heavy atom. The van der Waals surface area contributed by atoms with E-state index < -0.39 is 0 Å². The monoisotopic (exact) mass is 346 g/mol. The van der Waals surface area contributed by atoms with Crippen LogP contribution in [0.5, 0.6) is 0 Å². The summed E-state index contributed by atoms with van der Waals surface area (Å²) >= 11 is 1.51. The van der Waals surface area contributed by atoms with E-state index in [-0.39, 0.29) is 6.03 Å². The molecular formula is C18H26N4OS+2. The Bertz CT molecular complexity index is 634. The van der Waals surface area contributed by atoms with Gasteiger partial charge in [-0.2, -0.15) is 0 Å². The van der Waals surface area contributed by atoms with E-state index in [1.807, 2.05) is 29.6 Å². The highest BCUT2D eigenvalue weighted by molar-refractivity contribution is 7.14. The van der Waals surface area contributed by atoms with Gasteiger partial charge in [0.25, 0.3) is 0 Å². The molecule has 0 aliphatic carbocycles. The van der Waals surface area contributed by atoms with Gasteiger partial charge in [-0.1, -0.05) is 12.1 Å². The largest absolute Gasteiger partial charge is 0.326 e. The van der Waals surface area contributed by atoms with Crippen LogP contribution >= 0.6 is 11.3 Å².